The summed E-state index contributed by atoms with van der Waals surface area (Å²) in [4.78, 5) is 9.56. The molecule has 2 aliphatic rings. The summed E-state index contributed by atoms with van der Waals surface area (Å²) in [5.41, 5.74) is 2.61. The number of aromatic nitrogens is 8. The average molecular weight is 700 g/mol. The Morgan fingerprint density at radius 3 is 1.98 bits per heavy atom. The number of aryl methyl sites for hydroxylation is 2. The smallest absolute Gasteiger partial charge is 0.225 e. The monoisotopic (exact) mass is 700 g/mol. The molecular weight excluding hydrogens is 639 g/mol. The second-order valence-electron chi connectivity index (χ2n) is 14.6. The second-order valence-corrected chi connectivity index (χ2v) is 14.6. The molecule has 3 heterocycles. The summed E-state index contributed by atoms with van der Waals surface area (Å²) < 4.78 is 3.85. The Labute approximate surface area is 303 Å². The Hall–Kier alpha value is -3.68. The first kappa shape index (κ1) is 37.1. The summed E-state index contributed by atoms with van der Waals surface area (Å²) in [7, 11) is 0. The van der Waals surface area contributed by atoms with Crippen molar-refractivity contribution in [1.82, 2.24) is 55.9 Å². The number of nitrogens with one attached hydrogen (secondary N) is 5. The van der Waals surface area contributed by atoms with Gasteiger partial charge in [-0.2, -0.15) is 4.98 Å². The molecule has 0 unspecified atom stereocenters. The number of hydrogen-bond donors (Lipinski definition) is 5. The third-order valence-electron chi connectivity index (χ3n) is 10.4. The van der Waals surface area contributed by atoms with E-state index in [0.717, 1.165) is 98.7 Å². The van der Waals surface area contributed by atoms with Crippen LogP contribution in [0, 0.1) is 5.92 Å². The molecule has 13 nitrogen and oxygen atoms in total. The van der Waals surface area contributed by atoms with Crippen molar-refractivity contribution in [3.05, 3.63) is 48.0 Å². The Kier molecular flexibility index (Phi) is 15.3. The molecule has 0 saturated heterocycles. The molecule has 5 N–H and O–H groups in total. The van der Waals surface area contributed by atoms with Gasteiger partial charge in [0, 0.05) is 24.5 Å². The standard InChI is InChI=1S/C38H61N13/c1-3-13-31(14-4-1)15-9-20-39-22-11-25-50-29-33(46-48-50)27-42-37-35-18-7-8-19-36(35)44-38(45-37)43-28-34-30-51(49-47-34)26-12-23-40-21-10-24-41-32-16-5-2-6-17-32/h7-8,18-19,29-32,39-41H,1-6,9-17,20-28H2,(H2,42,43,44,45). The fourth-order valence-electron chi connectivity index (χ4n) is 7.49. The fraction of sp³-hybridized carbons (Fsp3) is 0.684. The van der Waals surface area contributed by atoms with E-state index in [9.17, 15) is 0 Å². The second kappa shape index (κ2) is 21.0. The SMILES string of the molecule is c1ccc2c(NCc3cn(CCCNCCCC4CCCCC4)nn3)nc(NCc3cn(CCCNCCCNC4CCCCC4)nn3)nc2c1. The van der Waals surface area contributed by atoms with E-state index in [2.05, 4.69) is 47.2 Å². The minimum Gasteiger partial charge on any atom is -0.364 e. The molecule has 2 aliphatic carbocycles. The normalized spacial score (nSPS) is 15.8. The van der Waals surface area contributed by atoms with Crippen LogP contribution in [0.3, 0.4) is 0 Å². The summed E-state index contributed by atoms with van der Waals surface area (Å²) in [6.07, 6.45) is 24.0. The van der Waals surface area contributed by atoms with Crippen LogP contribution in [0.15, 0.2) is 36.7 Å². The number of hydrogen-bond acceptors (Lipinski definition) is 11. The Morgan fingerprint density at radius 1 is 0.627 bits per heavy atom. The molecule has 278 valence electrons. The molecule has 0 atom stereocenters. The molecule has 0 aliphatic heterocycles. The molecule has 0 spiro atoms. The lowest BCUT2D eigenvalue weighted by atomic mass is 9.86. The Morgan fingerprint density at radius 2 is 1.25 bits per heavy atom. The van der Waals surface area contributed by atoms with E-state index in [1.807, 2.05) is 46.0 Å². The Balaban J connectivity index is 0.875. The predicted molar refractivity (Wildman–Crippen MR) is 205 cm³/mol. The van der Waals surface area contributed by atoms with Crippen LogP contribution in [0.2, 0.25) is 0 Å². The molecule has 4 aromatic rings. The molecule has 51 heavy (non-hydrogen) atoms. The highest BCUT2D eigenvalue weighted by atomic mass is 15.4. The largest absolute Gasteiger partial charge is 0.364 e. The minimum atomic E-state index is 0.494. The van der Waals surface area contributed by atoms with Gasteiger partial charge in [-0.3, -0.25) is 9.36 Å². The quantitative estimate of drug-likeness (QED) is 0.0611. The average Bonchev–Trinajstić information content (AvgIpc) is 3.84. The molecule has 13 heteroatoms. The first-order valence-corrected chi connectivity index (χ1v) is 20.0. The number of fused-ring (bicyclic) bond motifs is 1. The fourth-order valence-corrected chi connectivity index (χ4v) is 7.49. The molecule has 1 aromatic carbocycles. The molecule has 0 bridgehead atoms. The van der Waals surface area contributed by atoms with Crippen molar-refractivity contribution >= 4 is 22.7 Å². The van der Waals surface area contributed by atoms with Crippen LogP contribution in [0.4, 0.5) is 11.8 Å². The maximum atomic E-state index is 4.81. The molecule has 0 amide bonds. The van der Waals surface area contributed by atoms with E-state index >= 15 is 0 Å². The zero-order valence-corrected chi connectivity index (χ0v) is 30.7. The molecule has 3 aromatic heterocycles. The van der Waals surface area contributed by atoms with Crippen molar-refractivity contribution in [2.45, 2.75) is 129 Å². The van der Waals surface area contributed by atoms with E-state index in [1.165, 1.54) is 83.5 Å². The van der Waals surface area contributed by atoms with Crippen LogP contribution in [0.5, 0.6) is 0 Å². The van der Waals surface area contributed by atoms with E-state index in [1.54, 1.807) is 0 Å². The van der Waals surface area contributed by atoms with Gasteiger partial charge in [0.1, 0.15) is 17.2 Å². The van der Waals surface area contributed by atoms with Crippen molar-refractivity contribution < 1.29 is 0 Å². The van der Waals surface area contributed by atoms with Gasteiger partial charge in [-0.1, -0.05) is 73.9 Å². The van der Waals surface area contributed by atoms with Crippen molar-refractivity contribution in [3.63, 3.8) is 0 Å². The van der Waals surface area contributed by atoms with Gasteiger partial charge < -0.3 is 26.6 Å². The number of anilines is 2. The molecule has 2 fully saturated rings. The van der Waals surface area contributed by atoms with Gasteiger partial charge >= 0.3 is 0 Å². The predicted octanol–water partition coefficient (Wildman–Crippen LogP) is 5.67. The first-order valence-electron chi connectivity index (χ1n) is 20.0. The molecule has 2 saturated carbocycles. The summed E-state index contributed by atoms with van der Waals surface area (Å²) in [6.45, 7) is 7.97. The molecule has 0 radical (unpaired) electrons. The number of benzene rings is 1. The highest BCUT2D eigenvalue weighted by molar-refractivity contribution is 5.90. The van der Waals surface area contributed by atoms with Gasteiger partial charge in [0.15, 0.2) is 0 Å². The minimum absolute atomic E-state index is 0.494. The lowest BCUT2D eigenvalue weighted by Gasteiger charge is -2.22. The highest BCUT2D eigenvalue weighted by Crippen LogP contribution is 2.27. The maximum Gasteiger partial charge on any atom is 0.225 e. The van der Waals surface area contributed by atoms with Crippen LogP contribution in [-0.4, -0.2) is 78.7 Å². The van der Waals surface area contributed by atoms with Gasteiger partial charge in [0.25, 0.3) is 0 Å². The van der Waals surface area contributed by atoms with Crippen LogP contribution >= 0.6 is 0 Å². The van der Waals surface area contributed by atoms with Gasteiger partial charge in [-0.05, 0) is 95.7 Å². The number of para-hydroxylation sites is 1. The summed E-state index contributed by atoms with van der Waals surface area (Å²) in [6, 6.07) is 8.79. The van der Waals surface area contributed by atoms with Gasteiger partial charge in [-0.15, -0.1) is 10.2 Å². The zero-order chi connectivity index (χ0) is 34.8. The number of nitrogens with zero attached hydrogens (tertiary/aromatic N) is 8. The zero-order valence-electron chi connectivity index (χ0n) is 30.7. The van der Waals surface area contributed by atoms with E-state index in [0.29, 0.717) is 19.0 Å². The van der Waals surface area contributed by atoms with E-state index in [-0.39, 0.29) is 0 Å². The van der Waals surface area contributed by atoms with Gasteiger partial charge in [0.05, 0.1) is 31.0 Å². The maximum absolute atomic E-state index is 4.81. The van der Waals surface area contributed by atoms with Crippen molar-refractivity contribution in [2.24, 2.45) is 5.92 Å². The third kappa shape index (κ3) is 12.8. The topological polar surface area (TPSA) is 147 Å². The number of rotatable bonds is 23. The lowest BCUT2D eigenvalue weighted by molar-refractivity contribution is 0.330. The van der Waals surface area contributed by atoms with Crippen LogP contribution in [0.25, 0.3) is 10.9 Å². The van der Waals surface area contributed by atoms with Crippen LogP contribution < -0.4 is 26.6 Å². The van der Waals surface area contributed by atoms with Crippen molar-refractivity contribution in [1.29, 1.82) is 0 Å². The highest BCUT2D eigenvalue weighted by Gasteiger charge is 2.14. The summed E-state index contributed by atoms with van der Waals surface area (Å²) in [5.74, 6) is 2.27. The van der Waals surface area contributed by atoms with Crippen molar-refractivity contribution in [3.8, 4) is 0 Å². The van der Waals surface area contributed by atoms with E-state index in [4.69, 9.17) is 9.97 Å². The van der Waals surface area contributed by atoms with Gasteiger partial charge in [0.2, 0.25) is 5.95 Å². The van der Waals surface area contributed by atoms with Crippen LogP contribution in [-0.2, 0) is 26.2 Å². The van der Waals surface area contributed by atoms with E-state index < -0.39 is 0 Å². The van der Waals surface area contributed by atoms with Crippen LogP contribution in [0.1, 0.15) is 108 Å². The summed E-state index contributed by atoms with van der Waals surface area (Å²) >= 11 is 0. The van der Waals surface area contributed by atoms with Gasteiger partial charge in [-0.25, -0.2) is 4.98 Å². The summed E-state index contributed by atoms with van der Waals surface area (Å²) in [5, 5.41) is 36.1. The lowest BCUT2D eigenvalue weighted by Crippen LogP contribution is -2.33. The van der Waals surface area contributed by atoms with Crippen molar-refractivity contribution in [2.75, 3.05) is 43.4 Å². The molecular formula is C38H61N13. The Bertz CT molecular complexity index is 1540. The first-order chi connectivity index (χ1) is 25.3. The molecule has 6 rings (SSSR count). The third-order valence-corrected chi connectivity index (χ3v) is 10.4.